The van der Waals surface area contributed by atoms with Gasteiger partial charge in [0.15, 0.2) is 18.1 Å². The van der Waals surface area contributed by atoms with E-state index in [4.69, 9.17) is 18.9 Å². The van der Waals surface area contributed by atoms with Gasteiger partial charge in [0.05, 0.1) is 26.4 Å². The lowest BCUT2D eigenvalue weighted by Crippen LogP contribution is -2.21. The SMILES string of the molecule is COc1ccc(NC(=O)COC(=O)c2ccc(OCC(C)C)c(OC)c2)cc1. The molecular weight excluding hydrogens is 362 g/mol. The van der Waals surface area contributed by atoms with Crippen LogP contribution in [0.1, 0.15) is 24.2 Å². The molecule has 0 bridgehead atoms. The summed E-state index contributed by atoms with van der Waals surface area (Å²) in [6.07, 6.45) is 0. The fourth-order valence-corrected chi connectivity index (χ4v) is 2.26. The predicted molar refractivity (Wildman–Crippen MR) is 105 cm³/mol. The van der Waals surface area contributed by atoms with E-state index in [1.165, 1.54) is 13.2 Å². The molecule has 0 saturated heterocycles. The zero-order valence-electron chi connectivity index (χ0n) is 16.5. The van der Waals surface area contributed by atoms with Gasteiger partial charge in [-0.3, -0.25) is 4.79 Å². The predicted octanol–water partition coefficient (Wildman–Crippen LogP) is 3.53. The Morgan fingerprint density at radius 3 is 2.29 bits per heavy atom. The van der Waals surface area contributed by atoms with Gasteiger partial charge in [-0.25, -0.2) is 4.79 Å². The smallest absolute Gasteiger partial charge is 0.338 e. The van der Waals surface area contributed by atoms with Crippen molar-refractivity contribution < 1.29 is 28.5 Å². The van der Waals surface area contributed by atoms with E-state index in [1.807, 2.05) is 13.8 Å². The molecule has 2 aromatic carbocycles. The van der Waals surface area contributed by atoms with E-state index in [1.54, 1.807) is 43.5 Å². The average molecular weight is 387 g/mol. The standard InChI is InChI=1S/C21H25NO6/c1-14(2)12-27-18-10-5-15(11-19(18)26-4)21(24)28-13-20(23)22-16-6-8-17(25-3)9-7-16/h5-11,14H,12-13H2,1-4H3,(H,22,23). The van der Waals surface area contributed by atoms with Crippen molar-refractivity contribution in [2.75, 3.05) is 32.8 Å². The van der Waals surface area contributed by atoms with E-state index in [0.717, 1.165) is 0 Å². The number of esters is 1. The van der Waals surface area contributed by atoms with Crippen molar-refractivity contribution >= 4 is 17.6 Å². The molecular formula is C21H25NO6. The highest BCUT2D eigenvalue weighted by molar-refractivity contribution is 5.95. The molecule has 150 valence electrons. The third-order valence-corrected chi connectivity index (χ3v) is 3.68. The van der Waals surface area contributed by atoms with Gasteiger partial charge in [-0.1, -0.05) is 13.8 Å². The van der Waals surface area contributed by atoms with Gasteiger partial charge in [-0.05, 0) is 48.4 Å². The van der Waals surface area contributed by atoms with Gasteiger partial charge in [0.1, 0.15) is 5.75 Å². The van der Waals surface area contributed by atoms with E-state index < -0.39 is 18.5 Å². The Bertz CT molecular complexity index is 801. The largest absolute Gasteiger partial charge is 0.497 e. The summed E-state index contributed by atoms with van der Waals surface area (Å²) >= 11 is 0. The Labute approximate surface area is 164 Å². The van der Waals surface area contributed by atoms with Crippen molar-refractivity contribution in [2.24, 2.45) is 5.92 Å². The first kappa shape index (κ1) is 21.1. The van der Waals surface area contributed by atoms with Gasteiger partial charge < -0.3 is 24.3 Å². The molecule has 0 aliphatic rings. The minimum Gasteiger partial charge on any atom is -0.497 e. The maximum Gasteiger partial charge on any atom is 0.338 e. The summed E-state index contributed by atoms with van der Waals surface area (Å²) in [7, 11) is 3.06. The molecule has 0 aliphatic heterocycles. The molecule has 1 N–H and O–H groups in total. The van der Waals surface area contributed by atoms with Crippen LogP contribution in [0.2, 0.25) is 0 Å². The topological polar surface area (TPSA) is 83.1 Å². The zero-order chi connectivity index (χ0) is 20.5. The lowest BCUT2D eigenvalue weighted by Gasteiger charge is -2.13. The Balaban J connectivity index is 1.91. The Morgan fingerprint density at radius 2 is 1.68 bits per heavy atom. The van der Waals surface area contributed by atoms with Crippen LogP contribution in [-0.4, -0.2) is 39.3 Å². The van der Waals surface area contributed by atoms with Crippen LogP contribution in [0.5, 0.6) is 17.2 Å². The van der Waals surface area contributed by atoms with Crippen LogP contribution in [0.15, 0.2) is 42.5 Å². The average Bonchev–Trinajstić information content (AvgIpc) is 2.70. The summed E-state index contributed by atoms with van der Waals surface area (Å²) in [4.78, 5) is 24.2. The Hall–Kier alpha value is -3.22. The second-order valence-electron chi connectivity index (χ2n) is 6.42. The molecule has 0 spiro atoms. The zero-order valence-corrected chi connectivity index (χ0v) is 16.5. The van der Waals surface area contributed by atoms with Crippen LogP contribution in [-0.2, 0) is 9.53 Å². The lowest BCUT2D eigenvalue weighted by molar-refractivity contribution is -0.119. The molecule has 0 aliphatic carbocycles. The second-order valence-corrected chi connectivity index (χ2v) is 6.42. The van der Waals surface area contributed by atoms with Gasteiger partial charge in [0, 0.05) is 5.69 Å². The number of carbonyl (C=O) groups excluding carboxylic acids is 2. The van der Waals surface area contributed by atoms with Crippen molar-refractivity contribution in [3.8, 4) is 17.2 Å². The fraction of sp³-hybridized carbons (Fsp3) is 0.333. The minimum atomic E-state index is -0.626. The van der Waals surface area contributed by atoms with Crippen LogP contribution in [0.3, 0.4) is 0 Å². The second kappa shape index (κ2) is 10.2. The maximum absolute atomic E-state index is 12.2. The lowest BCUT2D eigenvalue weighted by atomic mass is 10.2. The minimum absolute atomic E-state index is 0.269. The van der Waals surface area contributed by atoms with E-state index >= 15 is 0 Å². The van der Waals surface area contributed by atoms with Crippen molar-refractivity contribution in [3.63, 3.8) is 0 Å². The molecule has 7 nitrogen and oxygen atoms in total. The first-order valence-corrected chi connectivity index (χ1v) is 8.84. The van der Waals surface area contributed by atoms with Crippen LogP contribution in [0.4, 0.5) is 5.69 Å². The number of benzene rings is 2. The van der Waals surface area contributed by atoms with Gasteiger partial charge in [0.25, 0.3) is 5.91 Å². The first-order valence-electron chi connectivity index (χ1n) is 8.84. The van der Waals surface area contributed by atoms with Gasteiger partial charge in [0.2, 0.25) is 0 Å². The maximum atomic E-state index is 12.2. The number of hydrogen-bond acceptors (Lipinski definition) is 6. The van der Waals surface area contributed by atoms with Crippen molar-refractivity contribution in [2.45, 2.75) is 13.8 Å². The van der Waals surface area contributed by atoms with E-state index in [2.05, 4.69) is 5.32 Å². The molecule has 2 rings (SSSR count). The van der Waals surface area contributed by atoms with Crippen LogP contribution in [0.25, 0.3) is 0 Å². The molecule has 0 saturated carbocycles. The third kappa shape index (κ3) is 6.19. The molecule has 0 unspecified atom stereocenters. The van der Waals surface area contributed by atoms with Gasteiger partial charge >= 0.3 is 5.97 Å². The summed E-state index contributed by atoms with van der Waals surface area (Å²) in [6.45, 7) is 4.20. The molecule has 0 aromatic heterocycles. The monoisotopic (exact) mass is 387 g/mol. The number of nitrogens with one attached hydrogen (secondary N) is 1. The molecule has 0 heterocycles. The number of methoxy groups -OCH3 is 2. The molecule has 7 heteroatoms. The highest BCUT2D eigenvalue weighted by Crippen LogP contribution is 2.28. The van der Waals surface area contributed by atoms with E-state index in [9.17, 15) is 9.59 Å². The van der Waals surface area contributed by atoms with Crippen molar-refractivity contribution in [1.29, 1.82) is 0 Å². The number of anilines is 1. The summed E-state index contributed by atoms with van der Waals surface area (Å²) in [5.74, 6) is 0.946. The normalized spacial score (nSPS) is 10.3. The molecule has 2 aromatic rings. The van der Waals surface area contributed by atoms with E-state index in [-0.39, 0.29) is 5.56 Å². The molecule has 0 radical (unpaired) electrons. The number of ether oxygens (including phenoxy) is 4. The number of amides is 1. The van der Waals surface area contributed by atoms with Crippen LogP contribution in [0, 0.1) is 5.92 Å². The molecule has 1 amide bonds. The first-order chi connectivity index (χ1) is 13.4. The Morgan fingerprint density at radius 1 is 0.964 bits per heavy atom. The van der Waals surface area contributed by atoms with Crippen molar-refractivity contribution in [1.82, 2.24) is 0 Å². The van der Waals surface area contributed by atoms with E-state index in [0.29, 0.717) is 35.5 Å². The summed E-state index contributed by atoms with van der Waals surface area (Å²) in [5, 5.41) is 2.64. The van der Waals surface area contributed by atoms with Crippen molar-refractivity contribution in [3.05, 3.63) is 48.0 Å². The molecule has 0 fully saturated rings. The summed E-state index contributed by atoms with van der Waals surface area (Å²) < 4.78 is 21.1. The highest BCUT2D eigenvalue weighted by Gasteiger charge is 2.14. The number of carbonyl (C=O) groups is 2. The third-order valence-electron chi connectivity index (χ3n) is 3.68. The number of hydrogen-bond donors (Lipinski definition) is 1. The van der Waals surface area contributed by atoms with Gasteiger partial charge in [-0.2, -0.15) is 0 Å². The molecule has 0 atom stereocenters. The highest BCUT2D eigenvalue weighted by atomic mass is 16.5. The van der Waals surface area contributed by atoms with Crippen LogP contribution < -0.4 is 19.5 Å². The fourth-order valence-electron chi connectivity index (χ4n) is 2.26. The van der Waals surface area contributed by atoms with Crippen LogP contribution >= 0.6 is 0 Å². The quantitative estimate of drug-likeness (QED) is 0.663. The number of rotatable bonds is 9. The molecule has 28 heavy (non-hydrogen) atoms. The summed E-state index contributed by atoms with van der Waals surface area (Å²) in [5.41, 5.74) is 0.848. The summed E-state index contributed by atoms with van der Waals surface area (Å²) in [6, 6.07) is 11.6. The Kier molecular flexibility index (Phi) is 7.68. The van der Waals surface area contributed by atoms with Gasteiger partial charge in [-0.15, -0.1) is 0 Å².